The molecule has 0 aliphatic carbocycles. The number of fused-ring (bicyclic) bond motifs is 1. The molecule has 5 aromatic rings. The van der Waals surface area contributed by atoms with Crippen LogP contribution >= 0.6 is 0 Å². The molecule has 4 N–H and O–H groups in total. The third kappa shape index (κ3) is 6.54. The quantitative estimate of drug-likeness (QED) is 0.163. The van der Waals surface area contributed by atoms with E-state index in [0.717, 1.165) is 4.57 Å². The predicted molar refractivity (Wildman–Crippen MR) is 176 cm³/mol. The van der Waals surface area contributed by atoms with Crippen LogP contribution in [-0.4, -0.2) is 63.6 Å². The molecule has 0 unspecified atom stereocenters. The number of benzene rings is 2. The Bertz CT molecular complexity index is 2420. The highest BCUT2D eigenvalue weighted by Crippen LogP contribution is 2.24. The number of amides is 1. The van der Waals surface area contributed by atoms with Crippen LogP contribution in [0.5, 0.6) is 0 Å². The molecule has 0 radical (unpaired) electrons. The van der Waals surface area contributed by atoms with Gasteiger partial charge in [-0.05, 0) is 48.5 Å². The molecule has 0 saturated heterocycles. The fourth-order valence-corrected chi connectivity index (χ4v) is 6.12. The summed E-state index contributed by atoms with van der Waals surface area (Å²) in [6.07, 6.45) is 5.05. The van der Waals surface area contributed by atoms with Gasteiger partial charge < -0.3 is 10.4 Å². The summed E-state index contributed by atoms with van der Waals surface area (Å²) in [6, 6.07) is 8.83. The van der Waals surface area contributed by atoms with E-state index in [2.05, 4.69) is 25.7 Å². The van der Waals surface area contributed by atoms with Gasteiger partial charge in [-0.2, -0.15) is 0 Å². The average Bonchev–Trinajstić information content (AvgIpc) is 3.64. The number of carbonyl (C=O) groups is 2. The van der Waals surface area contributed by atoms with E-state index in [9.17, 15) is 32.7 Å². The maximum Gasteiger partial charge on any atom is 0.335 e. The normalized spacial score (nSPS) is 13.4. The summed E-state index contributed by atoms with van der Waals surface area (Å²) in [5.41, 5.74) is 1.06. The fraction of sp³-hybridized carbons (Fsp3) is 0.129. The van der Waals surface area contributed by atoms with Gasteiger partial charge in [0.15, 0.2) is 0 Å². The Balaban J connectivity index is 1.16. The lowest BCUT2D eigenvalue weighted by Crippen LogP contribution is -2.42. The Morgan fingerprint density at radius 3 is 2.42 bits per heavy atom. The van der Waals surface area contributed by atoms with E-state index in [4.69, 9.17) is 0 Å². The number of sulfonamides is 1. The Morgan fingerprint density at radius 1 is 1.02 bits per heavy atom. The predicted octanol–water partition coefficient (Wildman–Crippen LogP) is 1.29. The van der Waals surface area contributed by atoms with Gasteiger partial charge in [0.25, 0.3) is 21.5 Å². The highest BCUT2D eigenvalue weighted by atomic mass is 32.2. The van der Waals surface area contributed by atoms with Crippen molar-refractivity contribution in [2.24, 2.45) is 12.0 Å². The number of carboxylic acids is 1. The molecular weight excluding hydrogens is 680 g/mol. The van der Waals surface area contributed by atoms with Gasteiger partial charge >= 0.3 is 11.7 Å². The van der Waals surface area contributed by atoms with Crippen molar-refractivity contribution in [2.75, 3.05) is 16.4 Å². The molecule has 256 valence electrons. The number of nitrogens with zero attached hydrogens (tertiary/aromatic N) is 6. The molecule has 2 aromatic carbocycles. The van der Waals surface area contributed by atoms with Crippen LogP contribution in [0.2, 0.25) is 0 Å². The first-order valence-electron chi connectivity index (χ1n) is 14.5. The van der Waals surface area contributed by atoms with Crippen molar-refractivity contribution in [1.29, 1.82) is 0 Å². The number of aromatic nitrogens is 4. The number of hydrazine groups is 1. The molecule has 1 atom stereocenters. The van der Waals surface area contributed by atoms with Gasteiger partial charge in [0.05, 0.1) is 50.8 Å². The zero-order valence-corrected chi connectivity index (χ0v) is 26.6. The smallest absolute Gasteiger partial charge is 0.335 e. The monoisotopic (exact) mass is 705 g/mol. The number of rotatable bonds is 10. The molecule has 0 spiro atoms. The molecule has 0 fully saturated rings. The second kappa shape index (κ2) is 13.3. The SMILES string of the molecule is Cn1c(=O)n(-c2ccc(C[C@H](NC(=O)c3cc(F)c(NS(=O)(=O)c4ccc(N5C=NCN5)cc4)cc3F)C(=O)O)nc2)c(=O)c2ccncc21. The average molecular weight is 706 g/mol. The first-order valence-corrected chi connectivity index (χ1v) is 16.0. The molecule has 50 heavy (non-hydrogen) atoms. The molecule has 0 saturated carbocycles. The highest BCUT2D eigenvalue weighted by Gasteiger charge is 2.26. The van der Waals surface area contributed by atoms with Gasteiger partial charge in [0, 0.05) is 31.4 Å². The maximum atomic E-state index is 15.1. The summed E-state index contributed by atoms with van der Waals surface area (Å²) in [4.78, 5) is 62.6. The van der Waals surface area contributed by atoms with Gasteiger partial charge in [-0.25, -0.2) is 36.8 Å². The van der Waals surface area contributed by atoms with Crippen molar-refractivity contribution in [1.82, 2.24) is 29.8 Å². The minimum absolute atomic E-state index is 0.0913. The first kappa shape index (κ1) is 33.6. The van der Waals surface area contributed by atoms with Crippen molar-refractivity contribution in [3.63, 3.8) is 0 Å². The minimum atomic E-state index is -4.38. The molecule has 19 heteroatoms. The van der Waals surface area contributed by atoms with Crippen LogP contribution in [0.4, 0.5) is 20.2 Å². The number of aliphatic imine (C=N–C) groups is 1. The Hall–Kier alpha value is -6.34. The van der Waals surface area contributed by atoms with Crippen LogP contribution in [-0.2, 0) is 28.3 Å². The molecule has 16 nitrogen and oxygen atoms in total. The van der Waals surface area contributed by atoms with Gasteiger partial charge in [0.2, 0.25) is 0 Å². The van der Waals surface area contributed by atoms with E-state index in [1.807, 2.05) is 4.72 Å². The maximum absolute atomic E-state index is 15.1. The number of carboxylic acid groups (broad SMARTS) is 1. The van der Waals surface area contributed by atoms with Crippen molar-refractivity contribution in [3.8, 4) is 5.69 Å². The van der Waals surface area contributed by atoms with Gasteiger partial charge in [-0.15, -0.1) is 0 Å². The third-order valence-electron chi connectivity index (χ3n) is 7.66. The van der Waals surface area contributed by atoms with Crippen LogP contribution in [0.1, 0.15) is 16.1 Å². The van der Waals surface area contributed by atoms with Crippen molar-refractivity contribution >= 4 is 50.5 Å². The molecular formula is C31H25F2N9O7S. The lowest BCUT2D eigenvalue weighted by Gasteiger charge is -2.16. The molecule has 1 aliphatic rings. The molecule has 4 heterocycles. The van der Waals surface area contributed by atoms with E-state index in [1.165, 1.54) is 79.0 Å². The number of hydrogen-bond acceptors (Lipinski definition) is 11. The van der Waals surface area contributed by atoms with E-state index in [-0.39, 0.29) is 21.7 Å². The van der Waals surface area contributed by atoms with Gasteiger partial charge in [-0.1, -0.05) is 0 Å². The summed E-state index contributed by atoms with van der Waals surface area (Å²) in [5.74, 6) is -5.46. The third-order valence-corrected chi connectivity index (χ3v) is 9.04. The second-order valence-electron chi connectivity index (χ2n) is 10.8. The number of nitrogens with one attached hydrogen (secondary N) is 3. The van der Waals surface area contributed by atoms with Gasteiger partial charge in [-0.3, -0.25) is 38.8 Å². The number of aliphatic carboxylic acids is 1. The molecule has 1 amide bonds. The number of anilines is 2. The Labute approximate surface area is 280 Å². The van der Waals surface area contributed by atoms with Crippen LogP contribution in [0, 0.1) is 11.6 Å². The first-order chi connectivity index (χ1) is 23.8. The highest BCUT2D eigenvalue weighted by molar-refractivity contribution is 7.92. The summed E-state index contributed by atoms with van der Waals surface area (Å²) < 4.78 is 59.9. The summed E-state index contributed by atoms with van der Waals surface area (Å²) >= 11 is 0. The molecule has 1 aliphatic heterocycles. The van der Waals surface area contributed by atoms with E-state index in [0.29, 0.717) is 30.0 Å². The van der Waals surface area contributed by atoms with E-state index in [1.54, 1.807) is 5.01 Å². The van der Waals surface area contributed by atoms with Crippen LogP contribution in [0.3, 0.4) is 0 Å². The zero-order valence-electron chi connectivity index (χ0n) is 25.7. The summed E-state index contributed by atoms with van der Waals surface area (Å²) in [7, 11) is -2.92. The van der Waals surface area contributed by atoms with Crippen molar-refractivity contribution in [2.45, 2.75) is 17.4 Å². The molecule has 3 aromatic heterocycles. The van der Waals surface area contributed by atoms with Crippen LogP contribution in [0.15, 0.2) is 92.7 Å². The van der Waals surface area contributed by atoms with Crippen LogP contribution in [0.25, 0.3) is 16.6 Å². The van der Waals surface area contributed by atoms with Gasteiger partial charge in [0.1, 0.15) is 30.7 Å². The molecule has 6 rings (SSSR count). The standard InChI is InChI=1S/C31H25F2N9O7S/c1-40-27-14-34-9-8-21(27)29(44)42(31(40)47)19-3-2-17(36-13-19)10-26(30(45)46)38-28(43)22-11-24(33)25(12-23(22)32)39-50(48,49)20-6-4-18(5-7-20)41-16-35-15-37-41/h2-9,11-14,16,26,37,39H,10,15H2,1H3,(H,38,43)(H,45,46)/t26-/m0/s1. The van der Waals surface area contributed by atoms with Crippen molar-refractivity contribution < 1.29 is 31.9 Å². The number of halogens is 2. The molecule has 0 bridgehead atoms. The summed E-state index contributed by atoms with van der Waals surface area (Å²) in [5, 5.41) is 13.6. The van der Waals surface area contributed by atoms with E-state index < -0.39 is 68.5 Å². The lowest BCUT2D eigenvalue weighted by atomic mass is 10.1. The van der Waals surface area contributed by atoms with E-state index >= 15 is 8.78 Å². The Morgan fingerprint density at radius 2 is 1.76 bits per heavy atom. The lowest BCUT2D eigenvalue weighted by molar-refractivity contribution is -0.139. The minimum Gasteiger partial charge on any atom is -0.480 e. The van der Waals surface area contributed by atoms with Crippen LogP contribution < -0.4 is 31.7 Å². The number of carbonyl (C=O) groups excluding carboxylic acids is 1. The largest absolute Gasteiger partial charge is 0.480 e. The number of hydrogen-bond donors (Lipinski definition) is 4. The Kier molecular flexibility index (Phi) is 8.91. The topological polar surface area (TPSA) is 210 Å². The zero-order chi connectivity index (χ0) is 35.7. The second-order valence-corrected chi connectivity index (χ2v) is 12.5. The fourth-order valence-electron chi connectivity index (χ4n) is 5.06. The number of pyridine rings is 2. The van der Waals surface area contributed by atoms with Crippen molar-refractivity contribution in [3.05, 3.63) is 117 Å². The number of aryl methyl sites for hydroxylation is 1. The summed E-state index contributed by atoms with van der Waals surface area (Å²) in [6.45, 7) is 0.350.